The van der Waals surface area contributed by atoms with Gasteiger partial charge in [-0.15, -0.1) is 0 Å². The van der Waals surface area contributed by atoms with Gasteiger partial charge in [-0.25, -0.2) is 9.80 Å². The Morgan fingerprint density at radius 2 is 1.60 bits per heavy atom. The van der Waals surface area contributed by atoms with Crippen molar-refractivity contribution < 1.29 is 14.4 Å². The monoisotopic (exact) mass is 558 g/mol. The summed E-state index contributed by atoms with van der Waals surface area (Å²) in [5.41, 5.74) is 2.60. The normalized spacial score (nSPS) is 18.5. The van der Waals surface area contributed by atoms with Crippen LogP contribution >= 0.6 is 0 Å². The second-order valence-electron chi connectivity index (χ2n) is 10.4. The fourth-order valence-electron chi connectivity index (χ4n) is 5.89. The summed E-state index contributed by atoms with van der Waals surface area (Å²) in [7, 11) is 0. The van der Waals surface area contributed by atoms with Crippen LogP contribution in [0.1, 0.15) is 22.7 Å². The first-order chi connectivity index (χ1) is 20.5. The molecule has 2 atom stereocenters. The standard InChI is InChI=1S/C33H30N6O3/c34-18-19-37(33(42)35-20-24-10-3-1-4-11-24)38-23-30(40)39-29(38)22-36(32(41)31(39)26-13-5-2-6-14-26)21-27-16-9-15-25-12-7-8-17-28(25)27/h1-17,29,31H,19-23H2,(H,35,42)/t29-,31+/m1/s1. The van der Waals surface area contributed by atoms with Gasteiger partial charge >= 0.3 is 6.03 Å². The highest BCUT2D eigenvalue weighted by Crippen LogP contribution is 2.36. The van der Waals surface area contributed by atoms with E-state index in [-0.39, 0.29) is 38.0 Å². The summed E-state index contributed by atoms with van der Waals surface area (Å²) >= 11 is 0. The Morgan fingerprint density at radius 3 is 2.36 bits per heavy atom. The van der Waals surface area contributed by atoms with Crippen molar-refractivity contribution in [3.8, 4) is 6.07 Å². The fraction of sp³-hybridized carbons (Fsp3) is 0.212. The van der Waals surface area contributed by atoms with Crippen LogP contribution in [0.15, 0.2) is 103 Å². The maximum atomic E-state index is 14.1. The predicted octanol–water partition coefficient (Wildman–Crippen LogP) is 4.04. The van der Waals surface area contributed by atoms with Crippen molar-refractivity contribution in [2.45, 2.75) is 25.3 Å². The van der Waals surface area contributed by atoms with E-state index in [4.69, 9.17) is 0 Å². The molecule has 2 aliphatic heterocycles. The zero-order valence-electron chi connectivity index (χ0n) is 23.0. The Bertz CT molecular complexity index is 1650. The van der Waals surface area contributed by atoms with E-state index in [1.807, 2.05) is 103 Å². The molecule has 0 unspecified atom stereocenters. The first-order valence-electron chi connectivity index (χ1n) is 13.9. The van der Waals surface area contributed by atoms with E-state index in [9.17, 15) is 19.6 Å². The number of benzene rings is 4. The number of hydrogen-bond donors (Lipinski definition) is 1. The Labute approximate surface area is 244 Å². The molecule has 4 aromatic rings. The van der Waals surface area contributed by atoms with Crippen LogP contribution in [0.25, 0.3) is 10.8 Å². The number of fused-ring (bicyclic) bond motifs is 2. The molecular formula is C33H30N6O3. The maximum Gasteiger partial charge on any atom is 0.333 e. The van der Waals surface area contributed by atoms with Gasteiger partial charge in [0, 0.05) is 13.1 Å². The molecule has 0 aliphatic carbocycles. The number of nitrogens with zero attached hydrogens (tertiary/aromatic N) is 5. The summed E-state index contributed by atoms with van der Waals surface area (Å²) in [5.74, 6) is -0.452. The summed E-state index contributed by atoms with van der Waals surface area (Å²) in [6.07, 6.45) is -0.633. The minimum absolute atomic E-state index is 0.121. The molecule has 4 aromatic carbocycles. The largest absolute Gasteiger partial charge is 0.333 e. The number of nitriles is 1. The minimum atomic E-state index is -0.853. The van der Waals surface area contributed by atoms with Crippen LogP contribution in [-0.2, 0) is 22.7 Å². The highest BCUT2D eigenvalue weighted by Gasteiger charge is 2.52. The number of urea groups is 1. The molecule has 210 valence electrons. The zero-order chi connectivity index (χ0) is 29.1. The number of piperazine rings is 1. The lowest BCUT2D eigenvalue weighted by Crippen LogP contribution is -2.62. The second-order valence-corrected chi connectivity index (χ2v) is 10.4. The van der Waals surface area contributed by atoms with Crippen molar-refractivity contribution in [2.24, 2.45) is 0 Å². The topological polar surface area (TPSA) is 100.0 Å². The zero-order valence-corrected chi connectivity index (χ0v) is 23.0. The minimum Gasteiger partial charge on any atom is -0.333 e. The van der Waals surface area contributed by atoms with Crippen LogP contribution in [0.5, 0.6) is 0 Å². The van der Waals surface area contributed by atoms with E-state index in [2.05, 4.69) is 11.4 Å². The van der Waals surface area contributed by atoms with Crippen LogP contribution in [0.2, 0.25) is 0 Å². The maximum absolute atomic E-state index is 14.1. The van der Waals surface area contributed by atoms with Gasteiger partial charge in [-0.1, -0.05) is 103 Å². The first kappa shape index (κ1) is 27.0. The summed E-state index contributed by atoms with van der Waals surface area (Å²) in [6.45, 7) is 0.435. The van der Waals surface area contributed by atoms with Gasteiger partial charge < -0.3 is 15.1 Å². The number of hydrazine groups is 1. The number of carbonyl (C=O) groups is 3. The highest BCUT2D eigenvalue weighted by molar-refractivity contribution is 5.93. The molecule has 0 saturated carbocycles. The van der Waals surface area contributed by atoms with Crippen molar-refractivity contribution in [2.75, 3.05) is 19.6 Å². The van der Waals surface area contributed by atoms with E-state index in [0.29, 0.717) is 12.1 Å². The van der Waals surface area contributed by atoms with Gasteiger partial charge in [-0.3, -0.25) is 9.59 Å². The Balaban J connectivity index is 1.33. The summed E-state index contributed by atoms with van der Waals surface area (Å²) < 4.78 is 0. The van der Waals surface area contributed by atoms with Gasteiger partial charge in [-0.05, 0) is 27.5 Å². The molecule has 0 radical (unpaired) electrons. The summed E-state index contributed by atoms with van der Waals surface area (Å²) in [4.78, 5) is 44.4. The van der Waals surface area contributed by atoms with Crippen molar-refractivity contribution >= 4 is 28.6 Å². The molecule has 0 bridgehead atoms. The van der Waals surface area contributed by atoms with Gasteiger partial charge in [0.1, 0.15) is 18.8 Å². The van der Waals surface area contributed by atoms with E-state index in [1.165, 1.54) is 5.01 Å². The third-order valence-corrected chi connectivity index (χ3v) is 7.87. The molecule has 4 amide bonds. The number of carbonyl (C=O) groups excluding carboxylic acids is 3. The van der Waals surface area contributed by atoms with E-state index < -0.39 is 18.2 Å². The smallest absolute Gasteiger partial charge is 0.333 e. The third-order valence-electron chi connectivity index (χ3n) is 7.87. The molecule has 2 fully saturated rings. The summed E-state index contributed by atoms with van der Waals surface area (Å²) in [5, 5.41) is 17.6. The molecular weight excluding hydrogens is 528 g/mol. The van der Waals surface area contributed by atoms with Crippen molar-refractivity contribution in [1.82, 2.24) is 25.1 Å². The average molecular weight is 559 g/mol. The molecule has 2 saturated heterocycles. The van der Waals surface area contributed by atoms with E-state index in [1.54, 1.807) is 14.8 Å². The molecule has 1 N–H and O–H groups in total. The Morgan fingerprint density at radius 1 is 0.905 bits per heavy atom. The fourth-order valence-corrected chi connectivity index (χ4v) is 5.89. The number of hydrogen-bond acceptors (Lipinski definition) is 5. The summed E-state index contributed by atoms with van der Waals surface area (Å²) in [6, 6.07) is 33.5. The van der Waals surface area contributed by atoms with Crippen molar-refractivity contribution in [1.29, 1.82) is 5.26 Å². The second kappa shape index (κ2) is 11.7. The quantitative estimate of drug-likeness (QED) is 0.345. The van der Waals surface area contributed by atoms with Crippen LogP contribution in [0, 0.1) is 11.3 Å². The van der Waals surface area contributed by atoms with Gasteiger partial charge in [0.25, 0.3) is 5.91 Å². The number of rotatable bonds is 7. The van der Waals surface area contributed by atoms with Crippen LogP contribution in [0.4, 0.5) is 4.79 Å². The highest BCUT2D eigenvalue weighted by atomic mass is 16.2. The Hall–Kier alpha value is -5.20. The van der Waals surface area contributed by atoms with Gasteiger partial charge in [-0.2, -0.15) is 10.3 Å². The lowest BCUT2D eigenvalue weighted by molar-refractivity contribution is -0.158. The van der Waals surface area contributed by atoms with Crippen LogP contribution in [0.3, 0.4) is 0 Å². The van der Waals surface area contributed by atoms with E-state index >= 15 is 0 Å². The van der Waals surface area contributed by atoms with Gasteiger partial charge in [0.05, 0.1) is 19.2 Å². The van der Waals surface area contributed by atoms with Crippen molar-refractivity contribution in [3.05, 3.63) is 120 Å². The Kier molecular flexibility index (Phi) is 7.54. The molecule has 6 rings (SSSR count). The lowest BCUT2D eigenvalue weighted by Gasteiger charge is -2.46. The van der Waals surface area contributed by atoms with Crippen molar-refractivity contribution in [3.63, 3.8) is 0 Å². The van der Waals surface area contributed by atoms with Gasteiger partial charge in [0.2, 0.25) is 5.91 Å². The molecule has 42 heavy (non-hydrogen) atoms. The third kappa shape index (κ3) is 5.16. The van der Waals surface area contributed by atoms with E-state index in [0.717, 1.165) is 21.9 Å². The number of amides is 4. The SMILES string of the molecule is N#CCN(C(=O)NCc1ccccc1)N1CC(=O)N2[C@@H](c3ccccc3)C(=O)N(Cc3cccc4ccccc34)C[C@@H]21. The average Bonchev–Trinajstić information content (AvgIpc) is 3.35. The lowest BCUT2D eigenvalue weighted by atomic mass is 9.99. The van der Waals surface area contributed by atoms with Gasteiger partial charge in [0.15, 0.2) is 0 Å². The van der Waals surface area contributed by atoms with Crippen LogP contribution in [-0.4, -0.2) is 63.5 Å². The first-order valence-corrected chi connectivity index (χ1v) is 13.9. The predicted molar refractivity (Wildman–Crippen MR) is 157 cm³/mol. The molecule has 2 aliphatic rings. The molecule has 9 nitrogen and oxygen atoms in total. The van der Waals surface area contributed by atoms with Crippen LogP contribution < -0.4 is 5.32 Å². The molecule has 0 spiro atoms. The molecule has 2 heterocycles. The molecule has 9 heteroatoms. The molecule has 0 aromatic heterocycles. The number of nitrogens with one attached hydrogen (secondary N) is 1.